The fourth-order valence-electron chi connectivity index (χ4n) is 0.642. The van der Waals surface area contributed by atoms with Gasteiger partial charge in [0.2, 0.25) is 5.66 Å². The molecule has 0 aliphatic carbocycles. The van der Waals surface area contributed by atoms with Crippen molar-refractivity contribution in [3.63, 3.8) is 0 Å². The first kappa shape index (κ1) is 7.74. The van der Waals surface area contributed by atoms with Crippen LogP contribution in [-0.4, -0.2) is 20.9 Å². The van der Waals surface area contributed by atoms with Crippen LogP contribution < -0.4 is 5.73 Å². The summed E-state index contributed by atoms with van der Waals surface area (Å²) in [5.41, 5.74) is 3.97. The van der Waals surface area contributed by atoms with Crippen LogP contribution in [0.1, 0.15) is 6.92 Å². The fraction of sp³-hybridized carbons (Fsp3) is 0.333. The van der Waals surface area contributed by atoms with E-state index in [9.17, 15) is 4.79 Å². The van der Waals surface area contributed by atoms with Crippen molar-refractivity contribution in [1.82, 2.24) is 9.78 Å². The second kappa shape index (κ2) is 2.35. The maximum Gasteiger partial charge on any atom is 0.346 e. The molecule has 0 saturated heterocycles. The van der Waals surface area contributed by atoms with Gasteiger partial charge in [0.1, 0.15) is 0 Å². The predicted molar refractivity (Wildman–Crippen MR) is 37.7 cm³/mol. The molecule has 0 saturated carbocycles. The zero-order valence-corrected chi connectivity index (χ0v) is 6.06. The van der Waals surface area contributed by atoms with E-state index in [4.69, 9.17) is 10.8 Å². The first-order chi connectivity index (χ1) is 5.05. The van der Waals surface area contributed by atoms with Crippen molar-refractivity contribution >= 4 is 5.97 Å². The Hall–Kier alpha value is -1.36. The molecule has 1 atom stereocenters. The van der Waals surface area contributed by atoms with Crippen molar-refractivity contribution in [2.24, 2.45) is 5.73 Å². The normalized spacial score (nSPS) is 15.8. The summed E-state index contributed by atoms with van der Waals surface area (Å²) in [4.78, 5) is 10.5. The van der Waals surface area contributed by atoms with E-state index in [1.807, 2.05) is 0 Å². The van der Waals surface area contributed by atoms with Crippen LogP contribution >= 0.6 is 0 Å². The number of nitrogens with zero attached hydrogens (tertiary/aromatic N) is 2. The van der Waals surface area contributed by atoms with E-state index in [0.29, 0.717) is 0 Å². The molecule has 1 unspecified atom stereocenters. The molecule has 0 aromatic carbocycles. The first-order valence-corrected chi connectivity index (χ1v) is 3.07. The molecule has 0 amide bonds. The quantitative estimate of drug-likeness (QED) is 0.608. The summed E-state index contributed by atoms with van der Waals surface area (Å²) in [6.45, 7) is 1.38. The van der Waals surface area contributed by atoms with E-state index in [0.717, 1.165) is 0 Å². The van der Waals surface area contributed by atoms with Crippen LogP contribution in [0.25, 0.3) is 0 Å². The van der Waals surface area contributed by atoms with Crippen molar-refractivity contribution in [3.8, 4) is 0 Å². The van der Waals surface area contributed by atoms with Gasteiger partial charge in [0.25, 0.3) is 0 Å². The summed E-state index contributed by atoms with van der Waals surface area (Å²) in [7, 11) is 0. The van der Waals surface area contributed by atoms with Gasteiger partial charge in [-0.1, -0.05) is 0 Å². The molecule has 0 spiro atoms. The van der Waals surface area contributed by atoms with Gasteiger partial charge in [-0.2, -0.15) is 5.10 Å². The van der Waals surface area contributed by atoms with E-state index in [-0.39, 0.29) is 0 Å². The standard InChI is InChI=1S/C6H9N3O2/c1-6(7,5(10)11)9-4-2-3-8-9/h2-4H,7H2,1H3,(H,10,11). The smallest absolute Gasteiger partial charge is 0.346 e. The summed E-state index contributed by atoms with van der Waals surface area (Å²) in [5, 5.41) is 12.3. The molecule has 1 rings (SSSR count). The molecule has 1 heterocycles. The summed E-state index contributed by atoms with van der Waals surface area (Å²) < 4.78 is 1.19. The maximum absolute atomic E-state index is 10.5. The van der Waals surface area contributed by atoms with Crippen molar-refractivity contribution in [2.75, 3.05) is 0 Å². The fourth-order valence-corrected chi connectivity index (χ4v) is 0.642. The second-order valence-electron chi connectivity index (χ2n) is 2.40. The number of aromatic nitrogens is 2. The van der Waals surface area contributed by atoms with Crippen LogP contribution in [0.15, 0.2) is 18.5 Å². The summed E-state index contributed by atoms with van der Waals surface area (Å²) >= 11 is 0. The molecule has 5 nitrogen and oxygen atoms in total. The molecule has 0 aliphatic heterocycles. The summed E-state index contributed by atoms with van der Waals surface area (Å²) in [6.07, 6.45) is 2.99. The Morgan fingerprint density at radius 3 is 2.82 bits per heavy atom. The van der Waals surface area contributed by atoms with Crippen molar-refractivity contribution in [2.45, 2.75) is 12.6 Å². The third-order valence-corrected chi connectivity index (χ3v) is 1.41. The Morgan fingerprint density at radius 1 is 1.82 bits per heavy atom. The number of rotatable bonds is 2. The molecular weight excluding hydrogens is 146 g/mol. The highest BCUT2D eigenvalue weighted by molar-refractivity contribution is 5.75. The average molecular weight is 155 g/mol. The Kier molecular flexibility index (Phi) is 1.66. The molecular formula is C6H9N3O2. The Labute approximate surface area is 63.4 Å². The predicted octanol–water partition coefficient (Wildman–Crippen LogP) is -0.401. The highest BCUT2D eigenvalue weighted by atomic mass is 16.4. The van der Waals surface area contributed by atoms with Gasteiger partial charge in [-0.05, 0) is 13.0 Å². The van der Waals surface area contributed by atoms with Crippen molar-refractivity contribution < 1.29 is 9.90 Å². The zero-order chi connectivity index (χ0) is 8.48. The third kappa shape index (κ3) is 1.22. The molecule has 5 heteroatoms. The largest absolute Gasteiger partial charge is 0.478 e. The van der Waals surface area contributed by atoms with Crippen LogP contribution in [0.5, 0.6) is 0 Å². The zero-order valence-electron chi connectivity index (χ0n) is 6.06. The van der Waals surface area contributed by atoms with Crippen molar-refractivity contribution in [3.05, 3.63) is 18.5 Å². The van der Waals surface area contributed by atoms with Crippen LogP contribution in [-0.2, 0) is 10.5 Å². The third-order valence-electron chi connectivity index (χ3n) is 1.41. The molecule has 0 bridgehead atoms. The monoisotopic (exact) mass is 155 g/mol. The van der Waals surface area contributed by atoms with Gasteiger partial charge in [0.05, 0.1) is 0 Å². The van der Waals surface area contributed by atoms with E-state index < -0.39 is 11.6 Å². The minimum atomic E-state index is -1.45. The number of hydrogen-bond donors (Lipinski definition) is 2. The number of nitrogens with two attached hydrogens (primary N) is 1. The Balaban J connectivity index is 3.00. The lowest BCUT2D eigenvalue weighted by Gasteiger charge is -2.18. The van der Waals surface area contributed by atoms with Gasteiger partial charge in [0.15, 0.2) is 0 Å². The summed E-state index contributed by atoms with van der Waals surface area (Å²) in [5.74, 6) is -1.11. The van der Waals surface area contributed by atoms with Crippen LogP contribution in [0.4, 0.5) is 0 Å². The number of hydrogen-bond acceptors (Lipinski definition) is 3. The minimum absolute atomic E-state index is 1.11. The van der Waals surface area contributed by atoms with Gasteiger partial charge < -0.3 is 5.11 Å². The van der Waals surface area contributed by atoms with Gasteiger partial charge in [0, 0.05) is 12.4 Å². The molecule has 11 heavy (non-hydrogen) atoms. The molecule has 1 aromatic rings. The topological polar surface area (TPSA) is 81.1 Å². The Morgan fingerprint density at radius 2 is 2.45 bits per heavy atom. The number of carboxylic acids is 1. The Bertz CT molecular complexity index is 253. The second-order valence-corrected chi connectivity index (χ2v) is 2.40. The van der Waals surface area contributed by atoms with Gasteiger partial charge in [-0.3, -0.25) is 5.73 Å². The lowest BCUT2D eigenvalue weighted by atomic mass is 10.2. The van der Waals surface area contributed by atoms with E-state index in [1.54, 1.807) is 6.07 Å². The maximum atomic E-state index is 10.5. The van der Waals surface area contributed by atoms with Crippen molar-refractivity contribution in [1.29, 1.82) is 0 Å². The van der Waals surface area contributed by atoms with E-state index in [2.05, 4.69) is 5.10 Å². The first-order valence-electron chi connectivity index (χ1n) is 3.07. The van der Waals surface area contributed by atoms with E-state index in [1.165, 1.54) is 24.0 Å². The molecule has 1 aromatic heterocycles. The SMILES string of the molecule is CC(N)(C(=O)O)n1cccn1. The number of carboxylic acid groups (broad SMARTS) is 1. The lowest BCUT2D eigenvalue weighted by Crippen LogP contribution is -2.47. The highest BCUT2D eigenvalue weighted by Gasteiger charge is 2.30. The molecule has 60 valence electrons. The summed E-state index contributed by atoms with van der Waals surface area (Å²) in [6, 6.07) is 1.62. The van der Waals surface area contributed by atoms with Gasteiger partial charge in [-0.25, -0.2) is 9.48 Å². The molecule has 3 N–H and O–H groups in total. The lowest BCUT2D eigenvalue weighted by molar-refractivity contribution is -0.146. The van der Waals surface area contributed by atoms with E-state index >= 15 is 0 Å². The van der Waals surface area contributed by atoms with Crippen LogP contribution in [0.2, 0.25) is 0 Å². The average Bonchev–Trinajstić information content (AvgIpc) is 2.37. The molecule has 0 aliphatic rings. The highest BCUT2D eigenvalue weighted by Crippen LogP contribution is 2.05. The number of aliphatic carboxylic acids is 1. The van der Waals surface area contributed by atoms with Gasteiger partial charge in [-0.15, -0.1) is 0 Å². The minimum Gasteiger partial charge on any atom is -0.478 e. The van der Waals surface area contributed by atoms with Crippen LogP contribution in [0.3, 0.4) is 0 Å². The van der Waals surface area contributed by atoms with Crippen LogP contribution in [0, 0.1) is 0 Å². The molecule has 0 radical (unpaired) electrons. The number of carbonyl (C=O) groups is 1. The molecule has 0 fully saturated rings. The van der Waals surface area contributed by atoms with Gasteiger partial charge >= 0.3 is 5.97 Å².